The van der Waals surface area contributed by atoms with Crippen molar-refractivity contribution in [1.29, 1.82) is 0 Å². The number of carboxylic acids is 1. The molecule has 1 aromatic rings. The second-order valence-electron chi connectivity index (χ2n) is 2.10. The summed E-state index contributed by atoms with van der Waals surface area (Å²) >= 11 is 5.51. The number of benzene rings is 1. The van der Waals surface area contributed by atoms with Crippen molar-refractivity contribution in [2.75, 3.05) is 0 Å². The number of alkyl halides is 1. The van der Waals surface area contributed by atoms with Crippen LogP contribution in [0.4, 0.5) is 0 Å². The molecule has 0 fully saturated rings. The van der Waals surface area contributed by atoms with E-state index < -0.39 is 5.97 Å². The van der Waals surface area contributed by atoms with E-state index in [0.29, 0.717) is 5.56 Å². The zero-order valence-electron chi connectivity index (χ0n) is 8.46. The summed E-state index contributed by atoms with van der Waals surface area (Å²) in [5.74, 6) is -0.691. The van der Waals surface area contributed by atoms with E-state index in [2.05, 4.69) is 0 Å². The first kappa shape index (κ1) is 12.2. The van der Waals surface area contributed by atoms with E-state index in [4.69, 9.17) is 16.7 Å². The Morgan fingerprint density at radius 2 is 2.08 bits per heavy atom. The summed E-state index contributed by atoms with van der Waals surface area (Å²) in [4.78, 5) is 10.5. The number of rotatable bonds is 2. The van der Waals surface area contributed by atoms with Gasteiger partial charge >= 0.3 is 43.7 Å². The Kier molecular flexibility index (Phi) is 5.93. The van der Waals surface area contributed by atoms with E-state index in [0.717, 1.165) is 0 Å². The van der Waals surface area contributed by atoms with Crippen molar-refractivity contribution in [3.05, 3.63) is 35.4 Å². The van der Waals surface area contributed by atoms with Crippen molar-refractivity contribution in [3.8, 4) is 0 Å². The van der Waals surface area contributed by atoms with Gasteiger partial charge in [-0.25, -0.2) is 4.79 Å². The second kappa shape index (κ2) is 5.81. The molecule has 0 amide bonds. The van der Waals surface area contributed by atoms with Crippen molar-refractivity contribution in [3.63, 3.8) is 0 Å². The molecule has 0 unspecified atom stereocenters. The van der Waals surface area contributed by atoms with Gasteiger partial charge in [-0.1, -0.05) is 18.2 Å². The normalized spacial score (nSPS) is 8.75. The van der Waals surface area contributed by atoms with Gasteiger partial charge < -0.3 is 7.96 Å². The van der Waals surface area contributed by atoms with E-state index in [9.17, 15) is 4.79 Å². The second-order valence-corrected chi connectivity index (χ2v) is 2.36. The average molecular weight is 213 g/mol. The molecule has 0 aliphatic heterocycles. The summed E-state index contributed by atoms with van der Waals surface area (Å²) in [6.45, 7) is 0. The van der Waals surface area contributed by atoms with E-state index in [1.165, 1.54) is 0 Å². The van der Waals surface area contributed by atoms with Gasteiger partial charge in [0.05, 0.1) is 5.56 Å². The Labute approximate surface area is 109 Å². The molecule has 1 N–H and O–H groups in total. The van der Waals surface area contributed by atoms with Crippen LogP contribution in [-0.2, 0) is 5.88 Å². The summed E-state index contributed by atoms with van der Waals surface area (Å²) in [6, 6.07) is 6.69. The molecule has 0 saturated heterocycles. The molecule has 0 aromatic heterocycles. The van der Waals surface area contributed by atoms with Gasteiger partial charge in [0.2, 0.25) is 0 Å². The summed E-state index contributed by atoms with van der Waals surface area (Å²) in [5.41, 5.74) is 0.934. The van der Waals surface area contributed by atoms with Crippen molar-refractivity contribution in [1.82, 2.24) is 0 Å². The summed E-state index contributed by atoms with van der Waals surface area (Å²) in [5, 5.41) is 8.64. The first-order chi connectivity index (χ1) is 5.25. The number of carboxylic acid groups (broad SMARTS) is 1. The molecule has 1 aromatic carbocycles. The van der Waals surface area contributed by atoms with Gasteiger partial charge in [-0.2, -0.15) is 0 Å². The van der Waals surface area contributed by atoms with Crippen molar-refractivity contribution >= 4 is 55.3 Å². The maximum Gasteiger partial charge on any atom is 2.00 e. The van der Waals surface area contributed by atoms with Gasteiger partial charge in [-0.3, -0.25) is 0 Å². The topological polar surface area (TPSA) is 37.3 Å². The van der Waals surface area contributed by atoms with Crippen molar-refractivity contribution < 1.29 is 12.8 Å². The number of hydrogen-bond acceptors (Lipinski definition) is 1. The molecule has 0 bridgehead atoms. The Balaban J connectivity index is -0.000000403. The fourth-order valence-electron chi connectivity index (χ4n) is 0.845. The predicted molar refractivity (Wildman–Crippen MR) is 50.9 cm³/mol. The van der Waals surface area contributed by atoms with Crippen molar-refractivity contribution in [2.24, 2.45) is 0 Å². The Bertz CT molecular complexity index is 284. The monoisotopic (exact) mass is 212 g/mol. The van der Waals surface area contributed by atoms with Crippen LogP contribution in [0, 0.1) is 0 Å². The fraction of sp³-hybridized carbons (Fsp3) is 0.125. The third kappa shape index (κ3) is 2.94. The molecule has 0 aliphatic rings. The van der Waals surface area contributed by atoms with E-state index in [1.54, 1.807) is 24.3 Å². The smallest absolute Gasteiger partial charge is 1.00 e. The van der Waals surface area contributed by atoms with Crippen LogP contribution in [0.15, 0.2) is 24.3 Å². The van der Waals surface area contributed by atoms with Gasteiger partial charge in [0.1, 0.15) is 0 Å². The number of aromatic carboxylic acids is 1. The van der Waals surface area contributed by atoms with Crippen molar-refractivity contribution in [2.45, 2.75) is 5.88 Å². The molecule has 4 heteroatoms. The van der Waals surface area contributed by atoms with Gasteiger partial charge in [0, 0.05) is 5.88 Å². The molecule has 0 radical (unpaired) electrons. The van der Waals surface area contributed by atoms with Crippen LogP contribution in [0.25, 0.3) is 0 Å². The third-order valence-electron chi connectivity index (χ3n) is 1.39. The molecule has 0 saturated carbocycles. The molecule has 12 heavy (non-hydrogen) atoms. The minimum absolute atomic E-state index is 0. The summed E-state index contributed by atoms with van der Waals surface area (Å²) in [7, 11) is 0. The number of halogens is 1. The van der Waals surface area contributed by atoms with Gasteiger partial charge in [0.25, 0.3) is 0 Å². The standard InChI is InChI=1S/C8H7ClO2.Ca.2H/c9-5-6-3-1-2-4-7(6)8(10)11;;;/h1-4H,5H2,(H,10,11);;;/q;+2;2*-1. The predicted octanol–water partition coefficient (Wildman–Crippen LogP) is 1.97. The van der Waals surface area contributed by atoms with Crippen LogP contribution in [0.2, 0.25) is 0 Å². The molecule has 0 spiro atoms. The average Bonchev–Trinajstić information content (AvgIpc) is 2.04. The summed E-state index contributed by atoms with van der Waals surface area (Å²) < 4.78 is 0. The molecule has 0 aliphatic carbocycles. The SMILES string of the molecule is O=C(O)c1ccccc1CCl.[Ca+2].[H-].[H-]. The van der Waals surface area contributed by atoms with Gasteiger partial charge in [-0.15, -0.1) is 11.6 Å². The summed E-state index contributed by atoms with van der Waals surface area (Å²) in [6.07, 6.45) is 0. The minimum Gasteiger partial charge on any atom is -1.00 e. The van der Waals surface area contributed by atoms with Crippen LogP contribution in [0.1, 0.15) is 18.8 Å². The molecule has 1 rings (SSSR count). The molecule has 2 nitrogen and oxygen atoms in total. The number of hydrogen-bond donors (Lipinski definition) is 1. The van der Waals surface area contributed by atoms with Crippen LogP contribution in [0.5, 0.6) is 0 Å². The zero-order valence-corrected chi connectivity index (χ0v) is 9.42. The van der Waals surface area contributed by atoms with Crippen LogP contribution >= 0.6 is 11.6 Å². The van der Waals surface area contributed by atoms with Crippen LogP contribution < -0.4 is 0 Å². The number of carbonyl (C=O) groups is 1. The molecular formula is C8H9CaClO2. The molecule has 0 heterocycles. The largest absolute Gasteiger partial charge is 2.00 e. The maximum absolute atomic E-state index is 10.5. The van der Waals surface area contributed by atoms with Crippen LogP contribution in [0.3, 0.4) is 0 Å². The van der Waals surface area contributed by atoms with E-state index in [-0.39, 0.29) is 52.0 Å². The molecule has 62 valence electrons. The zero-order chi connectivity index (χ0) is 8.27. The maximum atomic E-state index is 10.5. The van der Waals surface area contributed by atoms with Gasteiger partial charge in [0.15, 0.2) is 0 Å². The van der Waals surface area contributed by atoms with Crippen LogP contribution in [-0.4, -0.2) is 48.8 Å². The Hall–Kier alpha value is 0.240. The Morgan fingerprint density at radius 1 is 1.50 bits per heavy atom. The first-order valence-electron chi connectivity index (χ1n) is 3.13. The molecule has 0 atom stereocenters. The van der Waals surface area contributed by atoms with Gasteiger partial charge in [-0.05, 0) is 11.6 Å². The first-order valence-corrected chi connectivity index (χ1v) is 3.66. The quantitative estimate of drug-likeness (QED) is 0.601. The molecular weight excluding hydrogens is 204 g/mol. The Morgan fingerprint density at radius 3 is 2.50 bits per heavy atom. The van der Waals surface area contributed by atoms with E-state index >= 15 is 0 Å². The minimum atomic E-state index is -0.929. The third-order valence-corrected chi connectivity index (χ3v) is 1.68. The van der Waals surface area contributed by atoms with E-state index in [1.807, 2.05) is 0 Å². The fourth-order valence-corrected chi connectivity index (χ4v) is 1.08.